The summed E-state index contributed by atoms with van der Waals surface area (Å²) in [5.74, 6) is -0.730. The van der Waals surface area contributed by atoms with Crippen molar-refractivity contribution in [2.45, 2.75) is 83.5 Å². The summed E-state index contributed by atoms with van der Waals surface area (Å²) in [6.45, 7) is 9.68. The maximum Gasteiger partial charge on any atom is 0.272 e. The first-order valence-corrected chi connectivity index (χ1v) is 17.7. The molecule has 10 nitrogen and oxygen atoms in total. The van der Waals surface area contributed by atoms with Crippen molar-refractivity contribution < 1.29 is 18.7 Å². The first-order valence-electron chi connectivity index (χ1n) is 17.7. The molecule has 3 heterocycles. The van der Waals surface area contributed by atoms with E-state index >= 15 is 0 Å². The lowest BCUT2D eigenvalue weighted by molar-refractivity contribution is 0.0887. The van der Waals surface area contributed by atoms with Gasteiger partial charge in [-0.25, -0.2) is 9.37 Å². The van der Waals surface area contributed by atoms with Gasteiger partial charge in [-0.15, -0.1) is 0 Å². The molecule has 50 heavy (non-hydrogen) atoms. The van der Waals surface area contributed by atoms with Gasteiger partial charge in [0.05, 0.1) is 6.20 Å². The Morgan fingerprint density at radius 1 is 0.920 bits per heavy atom. The van der Waals surface area contributed by atoms with Crippen LogP contribution in [0, 0.1) is 12.7 Å². The third kappa shape index (κ3) is 9.13. The number of aryl methyl sites for hydroxylation is 3. The molecule has 6 rings (SSSR count). The Bertz CT molecular complexity index is 1760. The van der Waals surface area contributed by atoms with Gasteiger partial charge in [0, 0.05) is 50.0 Å². The van der Waals surface area contributed by atoms with Gasteiger partial charge in [0.1, 0.15) is 22.8 Å². The number of hydrogen-bond donors (Lipinski definition) is 3. The molecule has 2 fully saturated rings. The fourth-order valence-corrected chi connectivity index (χ4v) is 7.09. The van der Waals surface area contributed by atoms with Gasteiger partial charge in [0.2, 0.25) is 5.88 Å². The van der Waals surface area contributed by atoms with E-state index in [1.165, 1.54) is 5.56 Å². The molecule has 0 unspecified atom stereocenters. The van der Waals surface area contributed by atoms with Crippen LogP contribution in [0.2, 0.25) is 0 Å². The van der Waals surface area contributed by atoms with Crippen molar-refractivity contribution in [1.82, 2.24) is 35.6 Å². The number of carbonyl (C=O) groups excluding carboxylic acids is 2. The minimum absolute atomic E-state index is 0.00778. The number of carbonyl (C=O) groups is 2. The molecule has 0 bridgehead atoms. The van der Waals surface area contributed by atoms with E-state index in [-0.39, 0.29) is 29.4 Å². The molecule has 0 radical (unpaired) electrons. The number of aromatic nitrogens is 3. The van der Waals surface area contributed by atoms with E-state index in [2.05, 4.69) is 69.0 Å². The van der Waals surface area contributed by atoms with Gasteiger partial charge in [-0.1, -0.05) is 36.4 Å². The van der Waals surface area contributed by atoms with E-state index in [0.29, 0.717) is 49.2 Å². The Hall–Kier alpha value is -4.61. The normalized spacial score (nSPS) is 21.1. The highest BCUT2D eigenvalue weighted by Gasteiger charge is 2.27. The predicted molar refractivity (Wildman–Crippen MR) is 192 cm³/mol. The van der Waals surface area contributed by atoms with Crippen LogP contribution in [0.3, 0.4) is 0 Å². The molecule has 2 aliphatic rings. The number of ether oxygens (including phenoxy) is 1. The summed E-state index contributed by atoms with van der Waals surface area (Å²) < 4.78 is 22.1. The van der Waals surface area contributed by atoms with E-state index < -0.39 is 11.7 Å². The van der Waals surface area contributed by atoms with Gasteiger partial charge in [0.25, 0.3) is 11.8 Å². The largest absolute Gasteiger partial charge is 0.438 e. The minimum atomic E-state index is -0.621. The van der Waals surface area contributed by atoms with E-state index in [1.807, 2.05) is 25.1 Å². The summed E-state index contributed by atoms with van der Waals surface area (Å²) in [6, 6.07) is 20.1. The van der Waals surface area contributed by atoms with Crippen molar-refractivity contribution in [1.29, 1.82) is 0 Å². The van der Waals surface area contributed by atoms with Crippen molar-refractivity contribution in [2.75, 3.05) is 19.6 Å². The summed E-state index contributed by atoms with van der Waals surface area (Å²) in [5, 5.41) is 13.9. The zero-order valence-corrected chi connectivity index (χ0v) is 29.4. The van der Waals surface area contributed by atoms with Crippen LogP contribution in [-0.4, -0.2) is 75.3 Å². The number of pyridine rings is 1. The lowest BCUT2D eigenvalue weighted by Crippen LogP contribution is -2.54. The number of nitrogens with zero attached hydrogens (tertiary/aromatic N) is 4. The number of amides is 2. The molecule has 3 N–H and O–H groups in total. The maximum atomic E-state index is 14.3. The zero-order chi connectivity index (χ0) is 35.2. The quantitative estimate of drug-likeness (QED) is 0.183. The molecular formula is C39H48FN7O3. The van der Waals surface area contributed by atoms with Crippen molar-refractivity contribution in [3.05, 3.63) is 95.2 Å². The second-order valence-corrected chi connectivity index (χ2v) is 14.0. The van der Waals surface area contributed by atoms with E-state index in [1.54, 1.807) is 23.9 Å². The average Bonchev–Trinajstić information content (AvgIpc) is 3.44. The van der Waals surface area contributed by atoms with E-state index in [0.717, 1.165) is 61.6 Å². The molecule has 2 amide bonds. The molecule has 264 valence electrons. The summed E-state index contributed by atoms with van der Waals surface area (Å²) in [4.78, 5) is 32.7. The lowest BCUT2D eigenvalue weighted by Gasteiger charge is -2.36. The van der Waals surface area contributed by atoms with Crippen molar-refractivity contribution >= 4 is 11.8 Å². The summed E-state index contributed by atoms with van der Waals surface area (Å²) >= 11 is 0. The second-order valence-electron chi connectivity index (χ2n) is 14.0. The highest BCUT2D eigenvalue weighted by atomic mass is 19.1. The van der Waals surface area contributed by atoms with Crippen LogP contribution >= 0.6 is 0 Å². The van der Waals surface area contributed by atoms with Crippen LogP contribution in [0.15, 0.2) is 66.9 Å². The number of benzene rings is 2. The van der Waals surface area contributed by atoms with E-state index in [9.17, 15) is 14.0 Å². The van der Waals surface area contributed by atoms with Gasteiger partial charge >= 0.3 is 0 Å². The molecule has 1 aliphatic heterocycles. The third-order valence-corrected chi connectivity index (χ3v) is 9.72. The van der Waals surface area contributed by atoms with Gasteiger partial charge in [-0.2, -0.15) is 5.10 Å². The number of piperazine rings is 1. The summed E-state index contributed by atoms with van der Waals surface area (Å²) in [5.41, 5.74) is 4.66. The first kappa shape index (κ1) is 35.2. The average molecular weight is 682 g/mol. The topological polar surface area (TPSA) is 113 Å². The first-order chi connectivity index (χ1) is 24.1. The molecule has 4 aromatic rings. The minimum Gasteiger partial charge on any atom is -0.438 e. The van der Waals surface area contributed by atoms with Crippen molar-refractivity contribution in [3.8, 4) is 22.8 Å². The smallest absolute Gasteiger partial charge is 0.272 e. The zero-order valence-electron chi connectivity index (χ0n) is 29.4. The van der Waals surface area contributed by atoms with Crippen molar-refractivity contribution in [2.24, 2.45) is 7.05 Å². The number of halogens is 1. The van der Waals surface area contributed by atoms with Crippen LogP contribution in [0.1, 0.15) is 78.1 Å². The monoisotopic (exact) mass is 681 g/mol. The SMILES string of the molecule is Cc1cc(C(=O)N[C@H]2CC[C@H](NC(=O)c3cc(F)cnc3Oc3cccc(-c4ccc(CCCN5C[C@@H](C)N[C@@H](C)C5)cc4)c3)CC2)nn1C. The highest BCUT2D eigenvalue weighted by molar-refractivity contribution is 5.96. The Morgan fingerprint density at radius 2 is 1.60 bits per heavy atom. The van der Waals surface area contributed by atoms with Gasteiger partial charge in [-0.3, -0.25) is 14.3 Å². The fourth-order valence-electron chi connectivity index (χ4n) is 7.09. The number of nitrogens with one attached hydrogen (secondary N) is 3. The molecule has 2 aromatic heterocycles. The number of rotatable bonds is 11. The van der Waals surface area contributed by atoms with Crippen LogP contribution in [0.5, 0.6) is 11.6 Å². The molecule has 0 spiro atoms. The van der Waals surface area contributed by atoms with Crippen LogP contribution in [0.25, 0.3) is 11.1 Å². The Balaban J connectivity index is 1.02. The molecule has 2 atom stereocenters. The van der Waals surface area contributed by atoms with E-state index in [4.69, 9.17) is 4.74 Å². The van der Waals surface area contributed by atoms with Crippen molar-refractivity contribution in [3.63, 3.8) is 0 Å². The standard InChI is InChI=1S/C39H48FN7O3/c1-25-23-47(24-26(2)42-25)18-6-7-28-10-12-29(13-11-28)30-8-5-9-34(20-30)50-39-35(21-31(40)22-41-39)37(48)43-32-14-16-33(17-15-32)44-38(49)36-19-27(3)46(4)45-36/h5,8-13,19-22,25-26,32-33,42H,6-7,14-18,23-24H2,1-4H3,(H,43,48)(H,44,49)/t25-,26+,32-,33-. The number of hydrogen-bond acceptors (Lipinski definition) is 7. The Morgan fingerprint density at radius 3 is 2.26 bits per heavy atom. The van der Waals surface area contributed by atoms with Crippen LogP contribution < -0.4 is 20.7 Å². The lowest BCUT2D eigenvalue weighted by atomic mass is 9.91. The van der Waals surface area contributed by atoms with Gasteiger partial charge < -0.3 is 25.6 Å². The molecule has 1 saturated heterocycles. The predicted octanol–water partition coefficient (Wildman–Crippen LogP) is 5.81. The maximum absolute atomic E-state index is 14.3. The third-order valence-electron chi connectivity index (χ3n) is 9.72. The Labute approximate surface area is 293 Å². The van der Waals surface area contributed by atoms with Gasteiger partial charge in [0.15, 0.2) is 0 Å². The molecule has 1 saturated carbocycles. The molecule has 11 heteroatoms. The Kier molecular flexibility index (Phi) is 11.2. The molecule has 1 aliphatic carbocycles. The fraction of sp³-hybridized carbons (Fsp3) is 0.436. The summed E-state index contributed by atoms with van der Waals surface area (Å²) in [6.07, 6.45) is 5.95. The highest BCUT2D eigenvalue weighted by Crippen LogP contribution is 2.29. The molecular weight excluding hydrogens is 633 g/mol. The summed E-state index contributed by atoms with van der Waals surface area (Å²) in [7, 11) is 1.80. The van der Waals surface area contributed by atoms with Crippen LogP contribution in [-0.2, 0) is 13.5 Å². The second kappa shape index (κ2) is 15.9. The molecule has 2 aromatic carbocycles. The van der Waals surface area contributed by atoms with Gasteiger partial charge in [-0.05, 0) is 107 Å². The van der Waals surface area contributed by atoms with Crippen LogP contribution in [0.4, 0.5) is 4.39 Å².